The number of halogens is 1. The highest BCUT2D eigenvalue weighted by atomic mass is 35.5. The zero-order valence-electron chi connectivity index (χ0n) is 15.6. The minimum Gasteiger partial charge on any atom is -0.354 e. The number of benzene rings is 1. The van der Waals surface area contributed by atoms with E-state index in [2.05, 4.69) is 20.9 Å². The van der Waals surface area contributed by atoms with E-state index in [1.165, 1.54) is 0 Å². The van der Waals surface area contributed by atoms with Crippen LogP contribution in [0.5, 0.6) is 0 Å². The second kappa shape index (κ2) is 8.41. The third kappa shape index (κ3) is 4.33. The van der Waals surface area contributed by atoms with Gasteiger partial charge in [-0.1, -0.05) is 24.1 Å². The van der Waals surface area contributed by atoms with Gasteiger partial charge < -0.3 is 4.90 Å². The largest absolute Gasteiger partial charge is 0.354 e. The van der Waals surface area contributed by atoms with Crippen LogP contribution >= 0.6 is 11.6 Å². The van der Waals surface area contributed by atoms with Crippen LogP contribution in [0.15, 0.2) is 42.6 Å². The lowest BCUT2D eigenvalue weighted by molar-refractivity contribution is 0.0928. The van der Waals surface area contributed by atoms with Gasteiger partial charge in [-0.05, 0) is 61.7 Å². The van der Waals surface area contributed by atoms with Crippen molar-refractivity contribution in [3.8, 4) is 0 Å². The van der Waals surface area contributed by atoms with Gasteiger partial charge in [0.1, 0.15) is 5.82 Å². The van der Waals surface area contributed by atoms with Gasteiger partial charge in [-0.25, -0.2) is 4.98 Å². The fraction of sp³-hybridized carbons (Fsp3) is 0.455. The third-order valence-corrected chi connectivity index (χ3v) is 6.03. The number of hydrogen-bond acceptors (Lipinski definition) is 4. The number of fused-ring (bicyclic) bond motifs is 1. The lowest BCUT2D eigenvalue weighted by Gasteiger charge is -2.35. The van der Waals surface area contributed by atoms with E-state index in [1.54, 1.807) is 0 Å². The molecule has 0 N–H and O–H groups in total. The molecule has 1 saturated heterocycles. The smallest absolute Gasteiger partial charge is 0.166 e. The van der Waals surface area contributed by atoms with Crippen molar-refractivity contribution in [2.75, 3.05) is 37.6 Å². The summed E-state index contributed by atoms with van der Waals surface area (Å²) < 4.78 is 0. The Labute approximate surface area is 166 Å². The Kier molecular flexibility index (Phi) is 5.74. The molecule has 4 nitrogen and oxygen atoms in total. The number of unbranched alkanes of at least 4 members (excludes halogenated alkanes) is 1. The minimum atomic E-state index is 0.152. The van der Waals surface area contributed by atoms with Gasteiger partial charge in [0.25, 0.3) is 0 Å². The fourth-order valence-electron chi connectivity index (χ4n) is 4.25. The van der Waals surface area contributed by atoms with Crippen LogP contribution in [0, 0.1) is 5.92 Å². The first-order chi connectivity index (χ1) is 13.2. The number of carbonyl (C=O) groups is 1. The average molecular weight is 384 g/mol. The second-order valence-electron chi connectivity index (χ2n) is 7.58. The van der Waals surface area contributed by atoms with Gasteiger partial charge in [-0.2, -0.15) is 0 Å². The molecule has 2 heterocycles. The van der Waals surface area contributed by atoms with Crippen LogP contribution in [0.1, 0.15) is 35.2 Å². The minimum absolute atomic E-state index is 0.152. The monoisotopic (exact) mass is 383 g/mol. The van der Waals surface area contributed by atoms with Gasteiger partial charge in [0.15, 0.2) is 5.78 Å². The van der Waals surface area contributed by atoms with Crippen LogP contribution in [0.3, 0.4) is 0 Å². The summed E-state index contributed by atoms with van der Waals surface area (Å²) in [7, 11) is 0. The molecule has 1 aromatic heterocycles. The fourth-order valence-corrected chi connectivity index (χ4v) is 4.45. The highest BCUT2D eigenvalue weighted by Crippen LogP contribution is 2.31. The van der Waals surface area contributed by atoms with Crippen molar-refractivity contribution in [1.29, 1.82) is 0 Å². The molecule has 1 fully saturated rings. The lowest BCUT2D eigenvalue weighted by atomic mass is 9.98. The predicted octanol–water partition coefficient (Wildman–Crippen LogP) is 4.08. The van der Waals surface area contributed by atoms with Gasteiger partial charge in [0.2, 0.25) is 0 Å². The normalized spacial score (nSPS) is 20.1. The van der Waals surface area contributed by atoms with E-state index in [4.69, 9.17) is 11.6 Å². The number of piperazine rings is 1. The highest BCUT2D eigenvalue weighted by molar-refractivity contribution is 6.30. The van der Waals surface area contributed by atoms with E-state index in [-0.39, 0.29) is 5.92 Å². The molecule has 0 spiro atoms. The molecule has 0 bridgehead atoms. The van der Waals surface area contributed by atoms with Crippen molar-refractivity contribution in [3.05, 3.63) is 58.7 Å². The molecular weight excluding hydrogens is 358 g/mol. The van der Waals surface area contributed by atoms with Crippen LogP contribution < -0.4 is 4.90 Å². The molecule has 0 amide bonds. The van der Waals surface area contributed by atoms with Crippen molar-refractivity contribution in [2.45, 2.75) is 25.7 Å². The Hall–Kier alpha value is -1.91. The number of rotatable bonds is 6. The molecule has 2 aromatic rings. The molecule has 1 aliphatic carbocycles. The summed E-state index contributed by atoms with van der Waals surface area (Å²) in [6.07, 6.45) is 5.97. The van der Waals surface area contributed by atoms with E-state index in [0.717, 1.165) is 80.4 Å². The molecule has 2 aliphatic rings. The number of nitrogens with zero attached hydrogens (tertiary/aromatic N) is 3. The Balaban J connectivity index is 1.17. The van der Waals surface area contributed by atoms with Gasteiger partial charge in [0, 0.05) is 48.9 Å². The van der Waals surface area contributed by atoms with Crippen LogP contribution in [-0.2, 0) is 6.42 Å². The van der Waals surface area contributed by atoms with Gasteiger partial charge in [-0.15, -0.1) is 0 Å². The second-order valence-corrected chi connectivity index (χ2v) is 8.02. The van der Waals surface area contributed by atoms with E-state index >= 15 is 0 Å². The van der Waals surface area contributed by atoms with Crippen LogP contribution in [0.4, 0.5) is 5.82 Å². The Morgan fingerprint density at radius 1 is 1.07 bits per heavy atom. The Bertz CT molecular complexity index is 787. The van der Waals surface area contributed by atoms with E-state index in [0.29, 0.717) is 5.78 Å². The molecule has 142 valence electrons. The van der Waals surface area contributed by atoms with Crippen molar-refractivity contribution in [3.63, 3.8) is 0 Å². The summed E-state index contributed by atoms with van der Waals surface area (Å²) in [6.45, 7) is 5.36. The van der Waals surface area contributed by atoms with E-state index in [1.807, 2.05) is 36.5 Å². The summed E-state index contributed by atoms with van der Waals surface area (Å²) in [5.74, 6) is 1.54. The predicted molar refractivity (Wildman–Crippen MR) is 110 cm³/mol. The molecule has 1 unspecified atom stereocenters. The molecule has 27 heavy (non-hydrogen) atoms. The summed E-state index contributed by atoms with van der Waals surface area (Å²) in [6, 6.07) is 11.8. The summed E-state index contributed by atoms with van der Waals surface area (Å²) >= 11 is 6.06. The number of anilines is 1. The zero-order chi connectivity index (χ0) is 18.6. The number of hydrogen-bond donors (Lipinski definition) is 0. The third-order valence-electron chi connectivity index (χ3n) is 5.79. The molecule has 5 heteroatoms. The summed E-state index contributed by atoms with van der Waals surface area (Å²) in [5.41, 5.74) is 2.01. The number of Topliss-reactive ketones (excluding diaryl/α,β-unsaturated/α-hetero) is 1. The quantitative estimate of drug-likeness (QED) is 0.704. The Morgan fingerprint density at radius 2 is 1.93 bits per heavy atom. The standard InChI is InChI=1S/C22H26ClN3O/c23-19-7-8-20-18(16-19)15-17(22(20)27)5-2-4-10-25-11-13-26(14-12-25)21-6-1-3-9-24-21/h1,3,6-9,16-17H,2,4-5,10-15H2. The van der Waals surface area contributed by atoms with E-state index < -0.39 is 0 Å². The van der Waals surface area contributed by atoms with Crippen LogP contribution in [0.2, 0.25) is 5.02 Å². The van der Waals surface area contributed by atoms with Crippen molar-refractivity contribution in [2.24, 2.45) is 5.92 Å². The van der Waals surface area contributed by atoms with Gasteiger partial charge >= 0.3 is 0 Å². The van der Waals surface area contributed by atoms with Gasteiger partial charge in [-0.3, -0.25) is 9.69 Å². The first-order valence-corrected chi connectivity index (χ1v) is 10.3. The summed E-state index contributed by atoms with van der Waals surface area (Å²) in [4.78, 5) is 21.8. The Morgan fingerprint density at radius 3 is 2.70 bits per heavy atom. The molecule has 1 aromatic carbocycles. The maximum Gasteiger partial charge on any atom is 0.166 e. The molecule has 0 radical (unpaired) electrons. The first kappa shape index (κ1) is 18.5. The number of pyridine rings is 1. The number of carbonyl (C=O) groups excluding carboxylic acids is 1. The van der Waals surface area contributed by atoms with Crippen molar-refractivity contribution >= 4 is 23.2 Å². The lowest BCUT2D eigenvalue weighted by Crippen LogP contribution is -2.46. The van der Waals surface area contributed by atoms with E-state index in [9.17, 15) is 4.79 Å². The number of aromatic nitrogens is 1. The maximum atomic E-state index is 12.5. The maximum absolute atomic E-state index is 12.5. The summed E-state index contributed by atoms with van der Waals surface area (Å²) in [5, 5.41) is 0.729. The zero-order valence-corrected chi connectivity index (χ0v) is 16.4. The first-order valence-electron chi connectivity index (χ1n) is 9.92. The number of ketones is 1. The highest BCUT2D eigenvalue weighted by Gasteiger charge is 2.30. The van der Waals surface area contributed by atoms with Gasteiger partial charge in [0.05, 0.1) is 0 Å². The average Bonchev–Trinajstić information content (AvgIpc) is 3.01. The molecule has 1 aliphatic heterocycles. The molecule has 0 saturated carbocycles. The molecular formula is C22H26ClN3O. The van der Waals surface area contributed by atoms with Crippen molar-refractivity contribution < 1.29 is 4.79 Å². The topological polar surface area (TPSA) is 36.4 Å². The van der Waals surface area contributed by atoms with Crippen LogP contribution in [-0.4, -0.2) is 48.4 Å². The SMILES string of the molecule is O=C1c2ccc(Cl)cc2CC1CCCCN1CCN(c2ccccn2)CC1. The molecule has 4 rings (SSSR count). The van der Waals surface area contributed by atoms with Crippen molar-refractivity contribution in [1.82, 2.24) is 9.88 Å². The van der Waals surface area contributed by atoms with Crippen LogP contribution in [0.25, 0.3) is 0 Å². The molecule has 1 atom stereocenters.